The third kappa shape index (κ3) is 8.19. The van der Waals surface area contributed by atoms with Crippen molar-refractivity contribution in [3.8, 4) is 6.07 Å². The summed E-state index contributed by atoms with van der Waals surface area (Å²) >= 11 is 0. The molecular weight excluding hydrogens is 396 g/mol. The Bertz CT molecular complexity index is 912. The lowest BCUT2D eigenvalue weighted by molar-refractivity contribution is -0.128. The van der Waals surface area contributed by atoms with Crippen LogP contribution in [-0.2, 0) is 27.4 Å². The Labute approximate surface area is 181 Å². The van der Waals surface area contributed by atoms with Crippen molar-refractivity contribution in [3.05, 3.63) is 71.8 Å². The van der Waals surface area contributed by atoms with E-state index in [1.165, 1.54) is 0 Å². The van der Waals surface area contributed by atoms with Gasteiger partial charge in [-0.15, -0.1) is 0 Å². The van der Waals surface area contributed by atoms with Crippen LogP contribution in [0.5, 0.6) is 0 Å². The highest BCUT2D eigenvalue weighted by Gasteiger charge is 2.27. The van der Waals surface area contributed by atoms with Crippen LogP contribution in [0.1, 0.15) is 24.5 Å². The van der Waals surface area contributed by atoms with Crippen molar-refractivity contribution in [1.29, 1.82) is 5.26 Å². The van der Waals surface area contributed by atoms with Gasteiger partial charge in [-0.05, 0) is 24.5 Å². The highest BCUT2D eigenvalue weighted by molar-refractivity contribution is 5.90. The maximum Gasteiger partial charge on any atom is 0.408 e. The molecule has 2 aromatic carbocycles. The maximum atomic E-state index is 12.9. The molecule has 8 nitrogen and oxygen atoms in total. The first-order valence-electron chi connectivity index (χ1n) is 9.89. The van der Waals surface area contributed by atoms with Gasteiger partial charge >= 0.3 is 6.09 Å². The zero-order valence-electron chi connectivity index (χ0n) is 17.3. The summed E-state index contributed by atoms with van der Waals surface area (Å²) in [6, 6.07) is 18.2. The third-order valence-corrected chi connectivity index (χ3v) is 4.57. The lowest BCUT2D eigenvalue weighted by Gasteiger charge is -2.22. The molecule has 0 spiro atoms. The van der Waals surface area contributed by atoms with Crippen LogP contribution in [0.25, 0.3) is 0 Å². The lowest BCUT2D eigenvalue weighted by atomic mass is 10.0. The fourth-order valence-corrected chi connectivity index (χ4v) is 2.89. The monoisotopic (exact) mass is 422 g/mol. The molecule has 0 heterocycles. The fraction of sp³-hybridized carbons (Fsp3) is 0.304. The molecule has 4 N–H and O–H groups in total. The summed E-state index contributed by atoms with van der Waals surface area (Å²) in [7, 11) is 0. The first-order chi connectivity index (χ1) is 14.9. The number of carbonyl (C=O) groups excluding carboxylic acids is 3. The van der Waals surface area contributed by atoms with E-state index in [9.17, 15) is 14.4 Å². The van der Waals surface area contributed by atoms with E-state index in [0.717, 1.165) is 11.1 Å². The predicted octanol–water partition coefficient (Wildman–Crippen LogP) is 2.04. The molecule has 0 saturated carbocycles. The average Bonchev–Trinajstić information content (AvgIpc) is 2.78. The van der Waals surface area contributed by atoms with Gasteiger partial charge in [0, 0.05) is 12.3 Å². The van der Waals surface area contributed by atoms with E-state index in [1.54, 1.807) is 6.92 Å². The van der Waals surface area contributed by atoms with E-state index in [0.29, 0.717) is 0 Å². The van der Waals surface area contributed by atoms with Gasteiger partial charge in [0.25, 0.3) is 0 Å². The number of rotatable bonds is 10. The number of hydrogen-bond acceptors (Lipinski definition) is 5. The standard InChI is InChI=1S/C23H26N4O4/c1-16(14-24)12-19(21(25)28)26-22(29)20(13-17-8-4-2-5-9-17)27-23(30)31-15-18-10-6-3-7-11-18/h2-11,16,19-20H,12-13,15H2,1H3,(H2,25,28)(H,26,29)(H,27,30)/t16-,19+,20-/m1/s1. The molecule has 2 rings (SSSR count). The second kappa shape index (κ2) is 12.0. The van der Waals surface area contributed by atoms with Crippen LogP contribution in [0.2, 0.25) is 0 Å². The van der Waals surface area contributed by atoms with Gasteiger partial charge in [0.1, 0.15) is 18.7 Å². The zero-order valence-corrected chi connectivity index (χ0v) is 17.3. The SMILES string of the molecule is C[C@@H](C#N)C[C@H](NC(=O)[C@@H](Cc1ccccc1)NC(=O)OCc1ccccc1)C(N)=O. The first kappa shape index (κ1) is 23.4. The number of alkyl carbamates (subject to hydrolysis) is 1. The average molecular weight is 422 g/mol. The number of amides is 3. The number of ether oxygens (including phenoxy) is 1. The maximum absolute atomic E-state index is 12.9. The van der Waals surface area contributed by atoms with E-state index in [2.05, 4.69) is 10.6 Å². The van der Waals surface area contributed by atoms with Crippen LogP contribution in [0.3, 0.4) is 0 Å². The summed E-state index contributed by atoms with van der Waals surface area (Å²) in [6.45, 7) is 1.68. The van der Waals surface area contributed by atoms with Gasteiger partial charge < -0.3 is 21.1 Å². The summed E-state index contributed by atoms with van der Waals surface area (Å²) in [6.07, 6.45) is -0.499. The molecule has 31 heavy (non-hydrogen) atoms. The van der Waals surface area contributed by atoms with Crippen LogP contribution in [0.15, 0.2) is 60.7 Å². The van der Waals surface area contributed by atoms with Crippen molar-refractivity contribution >= 4 is 17.9 Å². The Hall–Kier alpha value is -3.86. The predicted molar refractivity (Wildman–Crippen MR) is 114 cm³/mol. The molecule has 3 amide bonds. The number of nitriles is 1. The molecule has 162 valence electrons. The van der Waals surface area contributed by atoms with Crippen LogP contribution in [0, 0.1) is 17.2 Å². The third-order valence-electron chi connectivity index (χ3n) is 4.57. The van der Waals surface area contributed by atoms with Gasteiger partial charge in [-0.3, -0.25) is 9.59 Å². The Kier molecular flexibility index (Phi) is 9.05. The quantitative estimate of drug-likeness (QED) is 0.539. The van der Waals surface area contributed by atoms with Gasteiger partial charge in [-0.25, -0.2) is 4.79 Å². The van der Waals surface area contributed by atoms with E-state index >= 15 is 0 Å². The van der Waals surface area contributed by atoms with E-state index in [-0.39, 0.29) is 19.4 Å². The molecule has 0 bridgehead atoms. The molecule has 0 aliphatic heterocycles. The highest BCUT2D eigenvalue weighted by atomic mass is 16.5. The number of primary amides is 1. The Morgan fingerprint density at radius 2 is 1.55 bits per heavy atom. The minimum Gasteiger partial charge on any atom is -0.445 e. The number of nitrogens with zero attached hydrogens (tertiary/aromatic N) is 1. The molecule has 0 saturated heterocycles. The van der Waals surface area contributed by atoms with Crippen LogP contribution >= 0.6 is 0 Å². The molecule has 0 aliphatic rings. The van der Waals surface area contributed by atoms with Gasteiger partial charge in [-0.2, -0.15) is 5.26 Å². The molecule has 8 heteroatoms. The molecule has 3 atom stereocenters. The Balaban J connectivity index is 2.07. The number of benzene rings is 2. The topological polar surface area (TPSA) is 134 Å². The van der Waals surface area contributed by atoms with Crippen molar-refractivity contribution in [1.82, 2.24) is 10.6 Å². The van der Waals surface area contributed by atoms with Crippen molar-refractivity contribution in [2.45, 2.75) is 38.5 Å². The molecule has 0 aromatic heterocycles. The van der Waals surface area contributed by atoms with E-state index in [4.69, 9.17) is 15.7 Å². The van der Waals surface area contributed by atoms with Crippen molar-refractivity contribution in [3.63, 3.8) is 0 Å². The number of hydrogen-bond donors (Lipinski definition) is 3. The first-order valence-corrected chi connectivity index (χ1v) is 9.89. The highest BCUT2D eigenvalue weighted by Crippen LogP contribution is 2.08. The molecule has 0 unspecified atom stereocenters. The summed E-state index contributed by atoms with van der Waals surface area (Å²) in [4.78, 5) is 36.9. The summed E-state index contributed by atoms with van der Waals surface area (Å²) in [5, 5.41) is 14.1. The Morgan fingerprint density at radius 1 is 0.968 bits per heavy atom. The van der Waals surface area contributed by atoms with Crippen LogP contribution in [-0.4, -0.2) is 30.0 Å². The number of carbonyl (C=O) groups is 3. The van der Waals surface area contributed by atoms with Gasteiger partial charge in [0.15, 0.2) is 0 Å². The van der Waals surface area contributed by atoms with Crippen LogP contribution in [0.4, 0.5) is 4.79 Å². The van der Waals surface area contributed by atoms with Crippen LogP contribution < -0.4 is 16.4 Å². The minimum atomic E-state index is -1.03. The Morgan fingerprint density at radius 3 is 2.10 bits per heavy atom. The van der Waals surface area contributed by atoms with Gasteiger partial charge in [0.05, 0.1) is 6.07 Å². The van der Waals surface area contributed by atoms with Crippen molar-refractivity contribution in [2.24, 2.45) is 11.7 Å². The van der Waals surface area contributed by atoms with Gasteiger partial charge in [0.2, 0.25) is 11.8 Å². The van der Waals surface area contributed by atoms with Crippen molar-refractivity contribution < 1.29 is 19.1 Å². The second-order valence-electron chi connectivity index (χ2n) is 7.18. The van der Waals surface area contributed by atoms with Crippen molar-refractivity contribution in [2.75, 3.05) is 0 Å². The lowest BCUT2D eigenvalue weighted by Crippen LogP contribution is -2.54. The molecule has 0 aliphatic carbocycles. The minimum absolute atomic E-state index is 0.0515. The molecule has 0 radical (unpaired) electrons. The number of nitrogens with one attached hydrogen (secondary N) is 2. The second-order valence-corrected chi connectivity index (χ2v) is 7.18. The van der Waals surface area contributed by atoms with Gasteiger partial charge in [-0.1, -0.05) is 60.7 Å². The molecular formula is C23H26N4O4. The smallest absolute Gasteiger partial charge is 0.408 e. The summed E-state index contributed by atoms with van der Waals surface area (Å²) < 4.78 is 5.22. The number of nitrogens with two attached hydrogens (primary N) is 1. The summed E-state index contributed by atoms with van der Waals surface area (Å²) in [5.74, 6) is -1.82. The molecule has 2 aromatic rings. The zero-order chi connectivity index (χ0) is 22.6. The van der Waals surface area contributed by atoms with E-state index in [1.807, 2.05) is 66.7 Å². The summed E-state index contributed by atoms with van der Waals surface area (Å²) in [5.41, 5.74) is 7.00. The fourth-order valence-electron chi connectivity index (χ4n) is 2.89. The van der Waals surface area contributed by atoms with E-state index < -0.39 is 35.9 Å². The molecule has 0 fully saturated rings. The normalized spacial score (nSPS) is 13.2. The largest absolute Gasteiger partial charge is 0.445 e.